The van der Waals surface area contributed by atoms with Crippen molar-refractivity contribution in [2.75, 3.05) is 0 Å². The van der Waals surface area contributed by atoms with E-state index >= 15 is 0 Å². The Morgan fingerprint density at radius 1 is 1.14 bits per heavy atom. The van der Waals surface area contributed by atoms with Crippen molar-refractivity contribution in [3.63, 3.8) is 0 Å². The van der Waals surface area contributed by atoms with Gasteiger partial charge in [0.2, 0.25) is 11.7 Å². The number of rotatable bonds is 7. The second kappa shape index (κ2) is 8.18. The van der Waals surface area contributed by atoms with Crippen LogP contribution in [0.4, 0.5) is 0 Å². The Kier molecular flexibility index (Phi) is 5.29. The van der Waals surface area contributed by atoms with E-state index in [1.165, 1.54) is 11.8 Å². The van der Waals surface area contributed by atoms with Crippen molar-refractivity contribution >= 4 is 11.8 Å². The number of hydrogen-bond acceptors (Lipinski definition) is 7. The van der Waals surface area contributed by atoms with Crippen molar-refractivity contribution < 1.29 is 4.52 Å². The maximum absolute atomic E-state index is 5.42. The molecular weight excluding hydrogens is 372 g/mol. The Morgan fingerprint density at radius 2 is 1.96 bits per heavy atom. The molecular formula is C20H18N6OS. The van der Waals surface area contributed by atoms with E-state index in [-0.39, 0.29) is 0 Å². The van der Waals surface area contributed by atoms with Crippen LogP contribution >= 0.6 is 11.8 Å². The fourth-order valence-corrected chi connectivity index (χ4v) is 3.56. The summed E-state index contributed by atoms with van der Waals surface area (Å²) in [5.41, 5.74) is 3.03. The Bertz CT molecular complexity index is 1090. The lowest BCUT2D eigenvalue weighted by atomic mass is 10.1. The lowest BCUT2D eigenvalue weighted by Crippen LogP contribution is -2.00. The standard InChI is InChI=1S/C20H18N6OS/c1-3-12-26-19(15-8-10-21-11-9-15)23-24-20(26)28-13-17-22-18(25-27-17)16-7-5-4-6-14(16)2/h3-11H,1,12-13H2,2H3. The molecule has 28 heavy (non-hydrogen) atoms. The zero-order chi connectivity index (χ0) is 19.3. The molecule has 0 unspecified atom stereocenters. The fraction of sp³-hybridized carbons (Fsp3) is 0.150. The van der Waals surface area contributed by atoms with E-state index < -0.39 is 0 Å². The molecule has 0 radical (unpaired) electrons. The first-order chi connectivity index (χ1) is 13.8. The highest BCUT2D eigenvalue weighted by atomic mass is 32.2. The molecule has 8 heteroatoms. The van der Waals surface area contributed by atoms with E-state index in [1.807, 2.05) is 54.0 Å². The largest absolute Gasteiger partial charge is 0.338 e. The summed E-state index contributed by atoms with van der Waals surface area (Å²) in [4.78, 5) is 8.56. The number of aryl methyl sites for hydroxylation is 1. The molecule has 0 fully saturated rings. The molecule has 0 amide bonds. The van der Waals surface area contributed by atoms with Crippen molar-refractivity contribution in [1.82, 2.24) is 29.9 Å². The van der Waals surface area contributed by atoms with Gasteiger partial charge >= 0.3 is 0 Å². The van der Waals surface area contributed by atoms with Gasteiger partial charge in [-0.05, 0) is 24.6 Å². The zero-order valence-electron chi connectivity index (χ0n) is 15.3. The molecule has 0 aliphatic carbocycles. The molecule has 1 aromatic carbocycles. The zero-order valence-corrected chi connectivity index (χ0v) is 16.1. The summed E-state index contributed by atoms with van der Waals surface area (Å²) in [6.07, 6.45) is 5.29. The van der Waals surface area contributed by atoms with Gasteiger partial charge in [0.15, 0.2) is 11.0 Å². The second-order valence-electron chi connectivity index (χ2n) is 6.06. The van der Waals surface area contributed by atoms with Crippen LogP contribution in [0, 0.1) is 6.92 Å². The van der Waals surface area contributed by atoms with Gasteiger partial charge in [0.1, 0.15) is 0 Å². The number of allylic oxidation sites excluding steroid dienone is 1. The molecule has 0 saturated carbocycles. The van der Waals surface area contributed by atoms with Crippen LogP contribution in [-0.4, -0.2) is 29.9 Å². The molecule has 7 nitrogen and oxygen atoms in total. The molecule has 3 heterocycles. The van der Waals surface area contributed by atoms with Gasteiger partial charge in [0.05, 0.1) is 5.75 Å². The van der Waals surface area contributed by atoms with E-state index in [0.29, 0.717) is 24.0 Å². The molecule has 0 saturated heterocycles. The van der Waals surface area contributed by atoms with Crippen LogP contribution in [0.5, 0.6) is 0 Å². The summed E-state index contributed by atoms with van der Waals surface area (Å²) >= 11 is 1.50. The van der Waals surface area contributed by atoms with E-state index in [4.69, 9.17) is 4.52 Å². The predicted molar refractivity (Wildman–Crippen MR) is 107 cm³/mol. The minimum atomic E-state index is 0.504. The van der Waals surface area contributed by atoms with E-state index in [9.17, 15) is 0 Å². The predicted octanol–water partition coefficient (Wildman–Crippen LogP) is 4.18. The van der Waals surface area contributed by atoms with Crippen LogP contribution in [0.3, 0.4) is 0 Å². The summed E-state index contributed by atoms with van der Waals surface area (Å²) in [7, 11) is 0. The van der Waals surface area contributed by atoms with Crippen molar-refractivity contribution in [1.29, 1.82) is 0 Å². The average molecular weight is 390 g/mol. The SMILES string of the molecule is C=CCn1c(SCc2nc(-c3ccccc3C)no2)nnc1-c1ccncc1. The Labute approximate surface area is 166 Å². The Balaban J connectivity index is 1.54. The number of thioether (sulfide) groups is 1. The van der Waals surface area contributed by atoms with Gasteiger partial charge in [-0.3, -0.25) is 9.55 Å². The van der Waals surface area contributed by atoms with Gasteiger partial charge < -0.3 is 4.52 Å². The van der Waals surface area contributed by atoms with Crippen LogP contribution in [0.25, 0.3) is 22.8 Å². The van der Waals surface area contributed by atoms with Gasteiger partial charge in [-0.2, -0.15) is 4.98 Å². The van der Waals surface area contributed by atoms with E-state index in [2.05, 4.69) is 31.9 Å². The first kappa shape index (κ1) is 18.1. The molecule has 0 aliphatic heterocycles. The third-order valence-electron chi connectivity index (χ3n) is 4.15. The van der Waals surface area contributed by atoms with Crippen LogP contribution in [-0.2, 0) is 12.3 Å². The van der Waals surface area contributed by atoms with Gasteiger partial charge in [-0.1, -0.05) is 47.3 Å². The maximum atomic E-state index is 5.42. The number of benzene rings is 1. The van der Waals surface area contributed by atoms with Crippen LogP contribution in [0.15, 0.2) is 71.1 Å². The molecule has 3 aromatic heterocycles. The summed E-state index contributed by atoms with van der Waals surface area (Å²) in [6.45, 7) is 6.46. The van der Waals surface area contributed by atoms with Crippen LogP contribution < -0.4 is 0 Å². The Morgan fingerprint density at radius 3 is 2.75 bits per heavy atom. The van der Waals surface area contributed by atoms with Crippen LogP contribution in [0.1, 0.15) is 11.5 Å². The van der Waals surface area contributed by atoms with Gasteiger partial charge in [0.25, 0.3) is 0 Å². The molecule has 0 spiro atoms. The molecule has 0 atom stereocenters. The lowest BCUT2D eigenvalue weighted by molar-refractivity contribution is 0.391. The average Bonchev–Trinajstić information content (AvgIpc) is 3.35. The minimum Gasteiger partial charge on any atom is -0.338 e. The highest BCUT2D eigenvalue weighted by molar-refractivity contribution is 7.98. The minimum absolute atomic E-state index is 0.504. The first-order valence-corrected chi connectivity index (χ1v) is 9.70. The number of hydrogen-bond donors (Lipinski definition) is 0. The van der Waals surface area contributed by atoms with Gasteiger partial charge in [-0.15, -0.1) is 16.8 Å². The van der Waals surface area contributed by atoms with Crippen LogP contribution in [0.2, 0.25) is 0 Å². The molecule has 4 aromatic rings. The summed E-state index contributed by atoms with van der Waals surface area (Å²) in [5.74, 6) is 2.42. The fourth-order valence-electron chi connectivity index (χ4n) is 2.78. The maximum Gasteiger partial charge on any atom is 0.237 e. The Hall–Kier alpha value is -3.26. The highest BCUT2D eigenvalue weighted by Crippen LogP contribution is 2.27. The van der Waals surface area contributed by atoms with Crippen molar-refractivity contribution in [3.05, 3.63) is 72.9 Å². The van der Waals surface area contributed by atoms with Crippen molar-refractivity contribution in [2.45, 2.75) is 24.4 Å². The third kappa shape index (κ3) is 3.72. The molecule has 0 aliphatic rings. The quantitative estimate of drug-likeness (QED) is 0.346. The summed E-state index contributed by atoms with van der Waals surface area (Å²) < 4.78 is 7.42. The smallest absolute Gasteiger partial charge is 0.237 e. The van der Waals surface area contributed by atoms with Crippen molar-refractivity contribution in [2.24, 2.45) is 0 Å². The summed E-state index contributed by atoms with van der Waals surface area (Å²) in [6, 6.07) is 11.8. The highest BCUT2D eigenvalue weighted by Gasteiger charge is 2.16. The number of nitrogens with zero attached hydrogens (tertiary/aromatic N) is 6. The van der Waals surface area contributed by atoms with E-state index in [1.54, 1.807) is 12.4 Å². The molecule has 4 rings (SSSR count). The monoisotopic (exact) mass is 390 g/mol. The molecule has 0 bridgehead atoms. The van der Waals surface area contributed by atoms with Gasteiger partial charge in [-0.25, -0.2) is 0 Å². The van der Waals surface area contributed by atoms with Gasteiger partial charge in [0, 0.05) is 30.1 Å². The number of aromatic nitrogens is 6. The van der Waals surface area contributed by atoms with E-state index in [0.717, 1.165) is 27.7 Å². The summed E-state index contributed by atoms with van der Waals surface area (Å²) in [5, 5.41) is 13.5. The third-order valence-corrected chi connectivity index (χ3v) is 5.10. The lowest BCUT2D eigenvalue weighted by Gasteiger charge is -2.06. The van der Waals surface area contributed by atoms with Crippen molar-refractivity contribution in [3.8, 4) is 22.8 Å². The number of pyridine rings is 1. The first-order valence-electron chi connectivity index (χ1n) is 8.72. The topological polar surface area (TPSA) is 82.5 Å². The second-order valence-corrected chi connectivity index (χ2v) is 7.00. The molecule has 140 valence electrons. The normalized spacial score (nSPS) is 10.9. The molecule has 0 N–H and O–H groups in total.